The SMILES string of the molecule is CCOC1CC(NC(=NC)NCC2CCCN(C)C2)C12CCCC2. The van der Waals surface area contributed by atoms with Gasteiger partial charge in [-0.25, -0.2) is 0 Å². The van der Waals surface area contributed by atoms with Crippen molar-refractivity contribution in [1.29, 1.82) is 0 Å². The van der Waals surface area contributed by atoms with Crippen LogP contribution in [0.1, 0.15) is 51.9 Å². The van der Waals surface area contributed by atoms with Crippen LogP contribution in [-0.2, 0) is 4.74 Å². The minimum absolute atomic E-state index is 0.360. The average molecular weight is 337 g/mol. The van der Waals surface area contributed by atoms with Gasteiger partial charge in [0.2, 0.25) is 0 Å². The lowest BCUT2D eigenvalue weighted by Crippen LogP contribution is -2.65. The predicted molar refractivity (Wildman–Crippen MR) is 99.4 cm³/mol. The molecule has 1 heterocycles. The van der Waals surface area contributed by atoms with Gasteiger partial charge in [-0.05, 0) is 58.5 Å². The van der Waals surface area contributed by atoms with E-state index < -0.39 is 0 Å². The molecule has 1 aliphatic heterocycles. The van der Waals surface area contributed by atoms with Gasteiger partial charge in [-0.15, -0.1) is 0 Å². The summed E-state index contributed by atoms with van der Waals surface area (Å²) in [4.78, 5) is 6.92. The molecule has 1 spiro atoms. The zero-order valence-corrected chi connectivity index (χ0v) is 15.8. The van der Waals surface area contributed by atoms with Crippen LogP contribution in [0, 0.1) is 11.3 Å². The van der Waals surface area contributed by atoms with Gasteiger partial charge in [0.05, 0.1) is 6.10 Å². The Morgan fingerprint density at radius 2 is 2.08 bits per heavy atom. The lowest BCUT2D eigenvalue weighted by Gasteiger charge is -2.54. The highest BCUT2D eigenvalue weighted by Gasteiger charge is 2.56. The first kappa shape index (κ1) is 18.0. The van der Waals surface area contributed by atoms with E-state index in [9.17, 15) is 0 Å². The maximum absolute atomic E-state index is 6.02. The van der Waals surface area contributed by atoms with E-state index in [0.717, 1.165) is 31.4 Å². The standard InChI is InChI=1S/C19H36N4O/c1-4-24-17-12-16(19(17)9-5-6-10-19)22-18(20-2)21-13-15-8-7-11-23(3)14-15/h15-17H,4-14H2,1-3H3,(H2,20,21,22). The lowest BCUT2D eigenvalue weighted by atomic mass is 9.60. The molecule has 5 nitrogen and oxygen atoms in total. The molecule has 5 heteroatoms. The molecule has 3 fully saturated rings. The van der Waals surface area contributed by atoms with Crippen LogP contribution in [0.4, 0.5) is 0 Å². The van der Waals surface area contributed by atoms with Gasteiger partial charge < -0.3 is 20.3 Å². The highest BCUT2D eigenvalue weighted by molar-refractivity contribution is 5.80. The van der Waals surface area contributed by atoms with Crippen molar-refractivity contribution in [3.05, 3.63) is 0 Å². The molecular weight excluding hydrogens is 300 g/mol. The first-order valence-electron chi connectivity index (χ1n) is 9.95. The van der Waals surface area contributed by atoms with Gasteiger partial charge in [-0.3, -0.25) is 4.99 Å². The third-order valence-corrected chi connectivity index (χ3v) is 6.50. The molecule has 0 aromatic carbocycles. The third kappa shape index (κ3) is 3.72. The molecule has 1 saturated heterocycles. The van der Waals surface area contributed by atoms with E-state index in [2.05, 4.69) is 34.5 Å². The number of likely N-dealkylation sites (tertiary alicyclic amines) is 1. The molecule has 0 amide bonds. The molecule has 0 aromatic heterocycles. The number of piperidine rings is 1. The van der Waals surface area contributed by atoms with Crippen molar-refractivity contribution in [2.45, 2.75) is 64.0 Å². The number of rotatable bonds is 5. The van der Waals surface area contributed by atoms with E-state index in [1.54, 1.807) is 0 Å². The molecule has 3 aliphatic rings. The van der Waals surface area contributed by atoms with Crippen LogP contribution in [-0.4, -0.2) is 63.3 Å². The van der Waals surface area contributed by atoms with Crippen LogP contribution in [0.3, 0.4) is 0 Å². The highest BCUT2D eigenvalue weighted by Crippen LogP contribution is 2.54. The molecule has 2 N–H and O–H groups in total. The Bertz CT molecular complexity index is 433. The maximum atomic E-state index is 6.02. The molecular formula is C19H36N4O. The second kappa shape index (κ2) is 8.05. The maximum Gasteiger partial charge on any atom is 0.191 e. The molecule has 24 heavy (non-hydrogen) atoms. The summed E-state index contributed by atoms with van der Waals surface area (Å²) in [5.74, 6) is 1.72. The Kier molecular flexibility index (Phi) is 6.03. The number of nitrogens with one attached hydrogen (secondary N) is 2. The number of ether oxygens (including phenoxy) is 1. The minimum atomic E-state index is 0.360. The Morgan fingerprint density at radius 1 is 1.29 bits per heavy atom. The van der Waals surface area contributed by atoms with E-state index in [1.165, 1.54) is 51.6 Å². The number of aliphatic imine (C=N–C) groups is 1. The van der Waals surface area contributed by atoms with E-state index in [-0.39, 0.29) is 0 Å². The van der Waals surface area contributed by atoms with Crippen LogP contribution in [0.2, 0.25) is 0 Å². The summed E-state index contributed by atoms with van der Waals surface area (Å²) in [6.45, 7) is 6.42. The highest BCUT2D eigenvalue weighted by atomic mass is 16.5. The number of hydrogen-bond acceptors (Lipinski definition) is 3. The summed E-state index contributed by atoms with van der Waals surface area (Å²) in [5.41, 5.74) is 0.360. The molecule has 2 saturated carbocycles. The fourth-order valence-electron chi connectivity index (χ4n) is 5.13. The summed E-state index contributed by atoms with van der Waals surface area (Å²) in [6, 6.07) is 0.525. The third-order valence-electron chi connectivity index (χ3n) is 6.50. The lowest BCUT2D eigenvalue weighted by molar-refractivity contribution is -0.125. The van der Waals surface area contributed by atoms with E-state index >= 15 is 0 Å². The Morgan fingerprint density at radius 3 is 2.75 bits per heavy atom. The molecule has 3 rings (SSSR count). The summed E-state index contributed by atoms with van der Waals surface area (Å²) in [6.07, 6.45) is 9.53. The van der Waals surface area contributed by atoms with Gasteiger partial charge in [-0.2, -0.15) is 0 Å². The molecule has 0 bridgehead atoms. The Labute approximate surface area is 147 Å². The van der Waals surface area contributed by atoms with Gasteiger partial charge in [0.15, 0.2) is 5.96 Å². The second-order valence-corrected chi connectivity index (χ2v) is 8.04. The smallest absolute Gasteiger partial charge is 0.191 e. The first-order valence-corrected chi connectivity index (χ1v) is 9.95. The summed E-state index contributed by atoms with van der Waals surface area (Å²) >= 11 is 0. The number of hydrogen-bond donors (Lipinski definition) is 2. The molecule has 138 valence electrons. The summed E-state index contributed by atoms with van der Waals surface area (Å²) in [7, 11) is 4.12. The monoisotopic (exact) mass is 336 g/mol. The van der Waals surface area contributed by atoms with E-state index in [0.29, 0.717) is 17.6 Å². The zero-order valence-electron chi connectivity index (χ0n) is 15.8. The van der Waals surface area contributed by atoms with Crippen molar-refractivity contribution in [3.63, 3.8) is 0 Å². The van der Waals surface area contributed by atoms with Crippen molar-refractivity contribution >= 4 is 5.96 Å². The normalized spacial score (nSPS) is 33.5. The van der Waals surface area contributed by atoms with Crippen LogP contribution >= 0.6 is 0 Å². The van der Waals surface area contributed by atoms with Crippen molar-refractivity contribution in [2.24, 2.45) is 16.3 Å². The Hall–Kier alpha value is -0.810. The van der Waals surface area contributed by atoms with Gasteiger partial charge >= 0.3 is 0 Å². The minimum Gasteiger partial charge on any atom is -0.378 e. The van der Waals surface area contributed by atoms with Crippen molar-refractivity contribution in [1.82, 2.24) is 15.5 Å². The number of nitrogens with zero attached hydrogens (tertiary/aromatic N) is 2. The summed E-state index contributed by atoms with van der Waals surface area (Å²) < 4.78 is 6.02. The largest absolute Gasteiger partial charge is 0.378 e. The van der Waals surface area contributed by atoms with Crippen molar-refractivity contribution < 1.29 is 4.74 Å². The Balaban J connectivity index is 1.50. The van der Waals surface area contributed by atoms with Gasteiger partial charge in [0, 0.05) is 38.2 Å². The van der Waals surface area contributed by atoms with Crippen LogP contribution in [0.5, 0.6) is 0 Å². The van der Waals surface area contributed by atoms with Crippen LogP contribution in [0.25, 0.3) is 0 Å². The molecule has 0 aromatic rings. The predicted octanol–water partition coefficient (Wildman–Crippen LogP) is 2.23. The quantitative estimate of drug-likeness (QED) is 0.597. The van der Waals surface area contributed by atoms with Gasteiger partial charge in [0.1, 0.15) is 0 Å². The second-order valence-electron chi connectivity index (χ2n) is 8.04. The molecule has 3 unspecified atom stereocenters. The molecule has 0 radical (unpaired) electrons. The van der Waals surface area contributed by atoms with Crippen molar-refractivity contribution in [3.8, 4) is 0 Å². The van der Waals surface area contributed by atoms with E-state index in [4.69, 9.17) is 4.74 Å². The fraction of sp³-hybridized carbons (Fsp3) is 0.947. The van der Waals surface area contributed by atoms with Gasteiger partial charge in [-0.1, -0.05) is 12.8 Å². The average Bonchev–Trinajstić information content (AvgIpc) is 3.10. The summed E-state index contributed by atoms with van der Waals surface area (Å²) in [5, 5.41) is 7.30. The van der Waals surface area contributed by atoms with E-state index in [1.807, 2.05) is 7.05 Å². The van der Waals surface area contributed by atoms with Crippen molar-refractivity contribution in [2.75, 3.05) is 40.3 Å². The topological polar surface area (TPSA) is 48.9 Å². The molecule has 3 atom stereocenters. The fourth-order valence-corrected chi connectivity index (χ4v) is 5.13. The van der Waals surface area contributed by atoms with Crippen LogP contribution < -0.4 is 10.6 Å². The molecule has 2 aliphatic carbocycles. The first-order chi connectivity index (χ1) is 11.7. The zero-order chi connectivity index (χ0) is 17.0. The van der Waals surface area contributed by atoms with Gasteiger partial charge in [0.25, 0.3) is 0 Å². The van der Waals surface area contributed by atoms with Crippen LogP contribution in [0.15, 0.2) is 4.99 Å². The number of guanidine groups is 1.